The van der Waals surface area contributed by atoms with Gasteiger partial charge in [0.1, 0.15) is 5.76 Å². The summed E-state index contributed by atoms with van der Waals surface area (Å²) in [5, 5.41) is 14.2. The number of furan rings is 1. The van der Waals surface area contributed by atoms with E-state index in [1.54, 1.807) is 55.6 Å². The number of aryl methyl sites for hydroxylation is 1. The molecule has 9 nitrogen and oxygen atoms in total. The van der Waals surface area contributed by atoms with Gasteiger partial charge in [0.15, 0.2) is 17.0 Å². The zero-order valence-electron chi connectivity index (χ0n) is 17.3. The summed E-state index contributed by atoms with van der Waals surface area (Å²) in [6, 6.07) is 18.4. The molecule has 0 aliphatic heterocycles. The number of rotatable bonds is 5. The van der Waals surface area contributed by atoms with Crippen LogP contribution in [0.5, 0.6) is 0 Å². The summed E-state index contributed by atoms with van der Waals surface area (Å²) in [6.07, 6.45) is 1.63. The number of fused-ring (bicyclic) bond motifs is 1. The molecule has 3 aromatic heterocycles. The Morgan fingerprint density at radius 3 is 2.73 bits per heavy atom. The van der Waals surface area contributed by atoms with Crippen molar-refractivity contribution in [2.24, 2.45) is 0 Å². The topological polar surface area (TPSA) is 124 Å². The van der Waals surface area contributed by atoms with Crippen molar-refractivity contribution in [2.75, 3.05) is 5.32 Å². The monoisotopic (exact) mass is 440 g/mol. The summed E-state index contributed by atoms with van der Waals surface area (Å²) in [6.45, 7) is 1.77. The van der Waals surface area contributed by atoms with Crippen LogP contribution in [0.2, 0.25) is 0 Å². The van der Waals surface area contributed by atoms with Gasteiger partial charge in [-0.15, -0.1) is 0 Å². The van der Waals surface area contributed by atoms with Crippen molar-refractivity contribution >= 4 is 28.5 Å². The summed E-state index contributed by atoms with van der Waals surface area (Å²) in [4.78, 5) is 32.2. The van der Waals surface area contributed by atoms with Gasteiger partial charge >= 0.3 is 0 Å². The summed E-state index contributed by atoms with van der Waals surface area (Å²) >= 11 is 0. The number of aromatic nitrogens is 2. The Labute approximate surface area is 186 Å². The minimum atomic E-state index is -0.493. The van der Waals surface area contributed by atoms with E-state index >= 15 is 0 Å². The van der Waals surface area contributed by atoms with Crippen molar-refractivity contribution in [3.63, 3.8) is 0 Å². The van der Waals surface area contributed by atoms with Crippen LogP contribution in [0.4, 0.5) is 11.4 Å². The second kappa shape index (κ2) is 8.04. The molecule has 5 rings (SSSR count). The number of nitrogens with one attached hydrogen (secondary N) is 1. The first-order valence-electron chi connectivity index (χ1n) is 9.96. The van der Waals surface area contributed by atoms with Gasteiger partial charge in [-0.1, -0.05) is 12.1 Å². The lowest BCUT2D eigenvalue weighted by Gasteiger charge is -2.05. The van der Waals surface area contributed by atoms with Gasteiger partial charge in [0.2, 0.25) is 5.89 Å². The third-order valence-corrected chi connectivity index (χ3v) is 4.98. The van der Waals surface area contributed by atoms with E-state index in [0.717, 1.165) is 5.56 Å². The molecule has 0 aliphatic carbocycles. The molecule has 0 spiro atoms. The van der Waals surface area contributed by atoms with Crippen LogP contribution in [0.3, 0.4) is 0 Å². The lowest BCUT2D eigenvalue weighted by molar-refractivity contribution is -0.384. The minimum Gasteiger partial charge on any atom is -0.451 e. The van der Waals surface area contributed by atoms with Gasteiger partial charge in [-0.3, -0.25) is 14.9 Å². The second-order valence-corrected chi connectivity index (χ2v) is 7.32. The highest BCUT2D eigenvalue weighted by Crippen LogP contribution is 2.32. The molecule has 0 saturated heterocycles. The first-order valence-corrected chi connectivity index (χ1v) is 9.96. The maximum absolute atomic E-state index is 12.7. The molecule has 0 atom stereocenters. The third kappa shape index (κ3) is 3.94. The van der Waals surface area contributed by atoms with Crippen molar-refractivity contribution < 1.29 is 18.6 Å². The largest absolute Gasteiger partial charge is 0.451 e. The number of hydrogen-bond donors (Lipinski definition) is 1. The number of anilines is 1. The fourth-order valence-corrected chi connectivity index (χ4v) is 3.42. The van der Waals surface area contributed by atoms with E-state index in [2.05, 4.69) is 15.3 Å². The van der Waals surface area contributed by atoms with Gasteiger partial charge < -0.3 is 14.2 Å². The molecule has 33 heavy (non-hydrogen) atoms. The van der Waals surface area contributed by atoms with Crippen LogP contribution in [0.1, 0.15) is 16.1 Å². The molecule has 0 radical (unpaired) electrons. The van der Waals surface area contributed by atoms with Crippen LogP contribution < -0.4 is 5.32 Å². The Morgan fingerprint density at radius 2 is 1.91 bits per heavy atom. The van der Waals surface area contributed by atoms with E-state index in [0.29, 0.717) is 33.9 Å². The van der Waals surface area contributed by atoms with Gasteiger partial charge in [-0.2, -0.15) is 4.98 Å². The molecular weight excluding hydrogens is 424 g/mol. The van der Waals surface area contributed by atoms with Crippen LogP contribution in [0, 0.1) is 17.0 Å². The summed E-state index contributed by atoms with van der Waals surface area (Å²) in [5.41, 5.74) is 3.20. The molecule has 1 N–H and O–H groups in total. The molecular formula is C24H16N4O5. The fraction of sp³-hybridized carbons (Fsp3) is 0.0417. The molecule has 2 aromatic carbocycles. The fourth-order valence-electron chi connectivity index (χ4n) is 3.42. The summed E-state index contributed by atoms with van der Waals surface area (Å²) in [5.74, 6) is 0.148. The van der Waals surface area contributed by atoms with Gasteiger partial charge in [0, 0.05) is 23.5 Å². The minimum absolute atomic E-state index is 0.0244. The molecule has 3 heterocycles. The summed E-state index contributed by atoms with van der Waals surface area (Å²) < 4.78 is 11.4. The van der Waals surface area contributed by atoms with E-state index in [9.17, 15) is 14.9 Å². The first kappa shape index (κ1) is 20.1. The molecule has 0 bridgehead atoms. The Balaban J connectivity index is 1.39. The van der Waals surface area contributed by atoms with Crippen LogP contribution in [0.25, 0.3) is 34.0 Å². The predicted octanol–water partition coefficient (Wildman–Crippen LogP) is 5.62. The Bertz CT molecular complexity index is 1490. The molecule has 0 saturated carbocycles. The molecule has 162 valence electrons. The number of nitro benzene ring substituents is 1. The van der Waals surface area contributed by atoms with Crippen molar-refractivity contribution in [1.82, 2.24) is 9.97 Å². The number of carbonyl (C=O) groups is 1. The number of amides is 1. The zero-order valence-corrected chi connectivity index (χ0v) is 17.3. The van der Waals surface area contributed by atoms with Crippen molar-refractivity contribution in [1.29, 1.82) is 0 Å². The van der Waals surface area contributed by atoms with Crippen LogP contribution in [-0.2, 0) is 0 Å². The van der Waals surface area contributed by atoms with E-state index in [1.807, 2.05) is 6.07 Å². The highest BCUT2D eigenvalue weighted by molar-refractivity contribution is 6.03. The van der Waals surface area contributed by atoms with Gasteiger partial charge in [0.25, 0.3) is 11.6 Å². The summed E-state index contributed by atoms with van der Waals surface area (Å²) in [7, 11) is 0. The van der Waals surface area contributed by atoms with Crippen LogP contribution in [0.15, 0.2) is 81.8 Å². The smallest absolute Gasteiger partial charge is 0.291 e. The van der Waals surface area contributed by atoms with E-state index in [4.69, 9.17) is 8.83 Å². The van der Waals surface area contributed by atoms with Gasteiger partial charge in [-0.05, 0) is 61.0 Å². The normalized spacial score (nSPS) is 10.9. The Hall–Kier alpha value is -4.79. The van der Waals surface area contributed by atoms with E-state index in [-0.39, 0.29) is 17.2 Å². The second-order valence-electron chi connectivity index (χ2n) is 7.32. The van der Waals surface area contributed by atoms with Crippen LogP contribution >= 0.6 is 0 Å². The Kier molecular flexibility index (Phi) is 4.91. The van der Waals surface area contributed by atoms with E-state index in [1.165, 1.54) is 18.2 Å². The maximum Gasteiger partial charge on any atom is 0.291 e. The quantitative estimate of drug-likeness (QED) is 0.278. The average Bonchev–Trinajstić information content (AvgIpc) is 3.47. The number of oxazole rings is 1. The molecule has 1 amide bonds. The highest BCUT2D eigenvalue weighted by atomic mass is 16.6. The molecule has 0 fully saturated rings. The predicted molar refractivity (Wildman–Crippen MR) is 121 cm³/mol. The molecule has 5 aromatic rings. The average molecular weight is 440 g/mol. The number of nitro groups is 1. The van der Waals surface area contributed by atoms with Gasteiger partial charge in [0.05, 0.1) is 10.5 Å². The molecule has 9 heteroatoms. The molecule has 0 aliphatic rings. The third-order valence-electron chi connectivity index (χ3n) is 4.98. The van der Waals surface area contributed by atoms with E-state index < -0.39 is 10.8 Å². The number of benzene rings is 2. The van der Waals surface area contributed by atoms with Crippen molar-refractivity contribution in [3.05, 3.63) is 94.4 Å². The molecule has 0 unspecified atom stereocenters. The maximum atomic E-state index is 12.7. The zero-order chi connectivity index (χ0) is 22.9. The number of nitrogens with zero attached hydrogens (tertiary/aromatic N) is 3. The lowest BCUT2D eigenvalue weighted by Crippen LogP contribution is -2.10. The van der Waals surface area contributed by atoms with Gasteiger partial charge in [-0.25, -0.2) is 4.98 Å². The highest BCUT2D eigenvalue weighted by Gasteiger charge is 2.20. The standard InChI is InChI=1S/C24H16N4O5/c1-14-7-8-17(18(12-14)28(30)31)19-9-10-21(32-19)23(29)26-16-5-2-4-15(13-16)24-27-22-20(33-24)6-3-11-25-22/h2-13H,1H3,(H,26,29). The van der Waals surface area contributed by atoms with Crippen molar-refractivity contribution in [2.45, 2.75) is 6.92 Å². The number of carbonyl (C=O) groups excluding carboxylic acids is 1. The van der Waals surface area contributed by atoms with Crippen molar-refractivity contribution in [3.8, 4) is 22.8 Å². The first-order chi connectivity index (χ1) is 16.0. The number of hydrogen-bond acceptors (Lipinski definition) is 7. The Morgan fingerprint density at radius 1 is 1.03 bits per heavy atom. The number of pyridine rings is 1. The lowest BCUT2D eigenvalue weighted by atomic mass is 10.1. The SMILES string of the molecule is Cc1ccc(-c2ccc(C(=O)Nc3cccc(-c4nc5ncccc5o4)c3)o2)c([N+](=O)[O-])c1. The van der Waals surface area contributed by atoms with Crippen LogP contribution in [-0.4, -0.2) is 20.8 Å².